The first-order chi connectivity index (χ1) is 11.3. The summed E-state index contributed by atoms with van der Waals surface area (Å²) >= 11 is 5.83. The van der Waals surface area contributed by atoms with Crippen molar-refractivity contribution in [1.29, 1.82) is 0 Å². The summed E-state index contributed by atoms with van der Waals surface area (Å²) in [6, 6.07) is 12.1. The van der Waals surface area contributed by atoms with E-state index in [0.29, 0.717) is 13.1 Å². The van der Waals surface area contributed by atoms with Crippen molar-refractivity contribution in [2.75, 3.05) is 6.54 Å². The Morgan fingerprint density at radius 2 is 1.88 bits per heavy atom. The van der Waals surface area contributed by atoms with Crippen molar-refractivity contribution in [2.45, 2.75) is 17.9 Å². The van der Waals surface area contributed by atoms with Gasteiger partial charge in [-0.1, -0.05) is 35.9 Å². The Bertz CT molecular complexity index is 899. The number of nitrogens with one attached hydrogen (secondary N) is 1. The topological polar surface area (TPSA) is 92.5 Å². The first kappa shape index (κ1) is 16.9. The summed E-state index contributed by atoms with van der Waals surface area (Å²) in [5.41, 5.74) is 5.40. The molecule has 0 fully saturated rings. The first-order valence-corrected chi connectivity index (χ1v) is 9.22. The van der Waals surface area contributed by atoms with Crippen LogP contribution in [0, 0.1) is 0 Å². The van der Waals surface area contributed by atoms with Crippen LogP contribution in [0.1, 0.15) is 21.5 Å². The zero-order valence-corrected chi connectivity index (χ0v) is 14.3. The SMILES string of the molecule is NS(=O)(=O)c1cc(C(=O)NN2CCc3ccccc3C2)ccc1Cl. The molecule has 1 amide bonds. The number of carbonyl (C=O) groups is 1. The number of rotatable bonds is 3. The molecule has 6 nitrogen and oxygen atoms in total. The minimum absolute atomic E-state index is 0.0130. The van der Waals surface area contributed by atoms with Crippen molar-refractivity contribution in [3.63, 3.8) is 0 Å². The van der Waals surface area contributed by atoms with Crippen LogP contribution in [0.25, 0.3) is 0 Å². The molecule has 0 aromatic heterocycles. The van der Waals surface area contributed by atoms with E-state index in [2.05, 4.69) is 11.5 Å². The molecule has 1 heterocycles. The highest BCUT2D eigenvalue weighted by atomic mass is 35.5. The van der Waals surface area contributed by atoms with Gasteiger partial charge < -0.3 is 0 Å². The van der Waals surface area contributed by atoms with Gasteiger partial charge in [0, 0.05) is 18.7 Å². The van der Waals surface area contributed by atoms with Crippen molar-refractivity contribution in [2.24, 2.45) is 5.14 Å². The van der Waals surface area contributed by atoms with Crippen LogP contribution in [-0.4, -0.2) is 25.9 Å². The molecule has 3 N–H and O–H groups in total. The van der Waals surface area contributed by atoms with E-state index in [4.69, 9.17) is 16.7 Å². The van der Waals surface area contributed by atoms with E-state index in [9.17, 15) is 13.2 Å². The zero-order valence-electron chi connectivity index (χ0n) is 12.7. The average molecular weight is 366 g/mol. The molecular weight excluding hydrogens is 350 g/mol. The highest BCUT2D eigenvalue weighted by Gasteiger charge is 2.20. The van der Waals surface area contributed by atoms with Crippen LogP contribution >= 0.6 is 11.6 Å². The van der Waals surface area contributed by atoms with Crippen LogP contribution in [-0.2, 0) is 23.0 Å². The molecule has 8 heteroatoms. The monoisotopic (exact) mass is 365 g/mol. The summed E-state index contributed by atoms with van der Waals surface area (Å²) in [7, 11) is -3.99. The van der Waals surface area contributed by atoms with Crippen molar-refractivity contribution >= 4 is 27.5 Å². The van der Waals surface area contributed by atoms with E-state index in [1.54, 1.807) is 5.01 Å². The van der Waals surface area contributed by atoms with Gasteiger partial charge in [-0.15, -0.1) is 0 Å². The lowest BCUT2D eigenvalue weighted by Gasteiger charge is -2.29. The van der Waals surface area contributed by atoms with Gasteiger partial charge in [0.05, 0.1) is 5.02 Å². The van der Waals surface area contributed by atoms with Gasteiger partial charge in [-0.25, -0.2) is 18.6 Å². The fourth-order valence-corrected chi connectivity index (χ4v) is 3.73. The van der Waals surface area contributed by atoms with E-state index in [1.165, 1.54) is 23.8 Å². The van der Waals surface area contributed by atoms with Gasteiger partial charge >= 0.3 is 0 Å². The number of hydrazine groups is 1. The van der Waals surface area contributed by atoms with Crippen LogP contribution in [0.3, 0.4) is 0 Å². The van der Waals surface area contributed by atoms with E-state index in [-0.39, 0.29) is 15.5 Å². The molecule has 3 rings (SSSR count). The number of hydrogen-bond acceptors (Lipinski definition) is 4. The van der Waals surface area contributed by atoms with E-state index < -0.39 is 15.9 Å². The molecule has 24 heavy (non-hydrogen) atoms. The average Bonchev–Trinajstić information content (AvgIpc) is 2.54. The number of amides is 1. The predicted molar refractivity (Wildman–Crippen MR) is 90.8 cm³/mol. The second-order valence-corrected chi connectivity index (χ2v) is 7.51. The number of fused-ring (bicyclic) bond motifs is 1. The standard InChI is InChI=1S/C16H16ClN3O3S/c17-14-6-5-12(9-15(14)24(18,22)23)16(21)19-20-8-7-11-3-1-2-4-13(11)10-20/h1-6,9H,7-8,10H2,(H,19,21)(H2,18,22,23). The number of sulfonamides is 1. The second kappa shape index (κ2) is 6.52. The molecule has 0 aliphatic carbocycles. The predicted octanol–water partition coefficient (Wildman–Crippen LogP) is 1.69. The number of halogens is 1. The summed E-state index contributed by atoms with van der Waals surface area (Å²) in [6.07, 6.45) is 0.833. The lowest BCUT2D eigenvalue weighted by Crippen LogP contribution is -2.44. The third-order valence-corrected chi connectivity index (χ3v) is 5.28. The zero-order chi connectivity index (χ0) is 17.3. The Kier molecular flexibility index (Phi) is 4.60. The molecule has 0 saturated heterocycles. The minimum Gasteiger partial charge on any atom is -0.284 e. The Morgan fingerprint density at radius 1 is 1.17 bits per heavy atom. The molecule has 1 aliphatic heterocycles. The van der Waals surface area contributed by atoms with Gasteiger partial charge in [-0.05, 0) is 35.7 Å². The lowest BCUT2D eigenvalue weighted by atomic mass is 10.0. The maximum atomic E-state index is 12.4. The molecular formula is C16H16ClN3O3S. The van der Waals surface area contributed by atoms with E-state index in [1.807, 2.05) is 18.2 Å². The Labute approximate surface area is 145 Å². The maximum absolute atomic E-state index is 12.4. The lowest BCUT2D eigenvalue weighted by molar-refractivity contribution is 0.0763. The molecule has 0 radical (unpaired) electrons. The Balaban J connectivity index is 1.77. The Hall–Kier alpha value is -1.93. The van der Waals surface area contributed by atoms with Gasteiger partial charge in [0.1, 0.15) is 4.90 Å². The van der Waals surface area contributed by atoms with E-state index >= 15 is 0 Å². The van der Waals surface area contributed by atoms with Crippen LogP contribution in [0.15, 0.2) is 47.4 Å². The third kappa shape index (κ3) is 3.59. The summed E-state index contributed by atoms with van der Waals surface area (Å²) in [5, 5.41) is 6.90. The molecule has 0 unspecified atom stereocenters. The molecule has 0 spiro atoms. The number of carbonyl (C=O) groups excluding carboxylic acids is 1. The van der Waals surface area contributed by atoms with Crippen molar-refractivity contribution < 1.29 is 13.2 Å². The number of primary sulfonamides is 1. The molecule has 0 saturated carbocycles. The summed E-state index contributed by atoms with van der Waals surface area (Å²) < 4.78 is 23.0. The van der Waals surface area contributed by atoms with Gasteiger partial charge in [-0.2, -0.15) is 0 Å². The molecule has 2 aromatic carbocycles. The van der Waals surface area contributed by atoms with Crippen molar-refractivity contribution in [1.82, 2.24) is 10.4 Å². The molecule has 0 bridgehead atoms. The smallest absolute Gasteiger partial charge is 0.265 e. The third-order valence-electron chi connectivity index (χ3n) is 3.89. The summed E-state index contributed by atoms with van der Waals surface area (Å²) in [4.78, 5) is 12.1. The van der Waals surface area contributed by atoms with Crippen LogP contribution in [0.2, 0.25) is 5.02 Å². The highest BCUT2D eigenvalue weighted by molar-refractivity contribution is 7.89. The van der Waals surface area contributed by atoms with Crippen LogP contribution < -0.4 is 10.6 Å². The molecule has 1 aliphatic rings. The molecule has 126 valence electrons. The van der Waals surface area contributed by atoms with Crippen molar-refractivity contribution in [3.05, 3.63) is 64.2 Å². The highest BCUT2D eigenvalue weighted by Crippen LogP contribution is 2.22. The number of nitrogens with two attached hydrogens (primary N) is 1. The summed E-state index contributed by atoms with van der Waals surface area (Å²) in [5.74, 6) is -0.407. The van der Waals surface area contributed by atoms with Gasteiger partial charge in [0.2, 0.25) is 10.0 Å². The first-order valence-electron chi connectivity index (χ1n) is 7.29. The number of nitrogens with zero attached hydrogens (tertiary/aromatic N) is 1. The fraction of sp³-hybridized carbons (Fsp3) is 0.188. The van der Waals surface area contributed by atoms with Gasteiger partial charge in [0.15, 0.2) is 0 Å². The maximum Gasteiger partial charge on any atom is 0.265 e. The van der Waals surface area contributed by atoms with E-state index in [0.717, 1.165) is 12.0 Å². The molecule has 2 aromatic rings. The Morgan fingerprint density at radius 3 is 2.58 bits per heavy atom. The van der Waals surface area contributed by atoms with Gasteiger partial charge in [-0.3, -0.25) is 10.2 Å². The van der Waals surface area contributed by atoms with Crippen LogP contribution in [0.5, 0.6) is 0 Å². The quantitative estimate of drug-likeness (QED) is 0.865. The number of benzene rings is 2. The van der Waals surface area contributed by atoms with Crippen molar-refractivity contribution in [3.8, 4) is 0 Å². The largest absolute Gasteiger partial charge is 0.284 e. The second-order valence-electron chi connectivity index (χ2n) is 5.57. The normalized spacial score (nSPS) is 14.9. The minimum atomic E-state index is -3.99. The number of hydrogen-bond donors (Lipinski definition) is 2. The van der Waals surface area contributed by atoms with Crippen LogP contribution in [0.4, 0.5) is 0 Å². The summed E-state index contributed by atoms with van der Waals surface area (Å²) in [6.45, 7) is 1.27. The fourth-order valence-electron chi connectivity index (χ4n) is 2.66. The van der Waals surface area contributed by atoms with Gasteiger partial charge in [0.25, 0.3) is 5.91 Å². The molecule has 0 atom stereocenters.